The summed E-state index contributed by atoms with van der Waals surface area (Å²) in [5.41, 5.74) is 2.97. The number of aryl methyl sites for hydroxylation is 1. The summed E-state index contributed by atoms with van der Waals surface area (Å²) in [4.78, 5) is 15.5. The number of hydrogen-bond acceptors (Lipinski definition) is 2. The number of aromatic carboxylic acids is 1. The maximum Gasteiger partial charge on any atom is 0.339 e. The fraction of sp³-hybridized carbons (Fsp3) is 0.333. The fourth-order valence-corrected chi connectivity index (χ4v) is 2.11. The molecule has 0 radical (unpaired) electrons. The van der Waals surface area contributed by atoms with Crippen LogP contribution in [0, 0.1) is 6.92 Å². The summed E-state index contributed by atoms with van der Waals surface area (Å²) >= 11 is 0. The van der Waals surface area contributed by atoms with Gasteiger partial charge in [0.1, 0.15) is 5.56 Å². The molecule has 3 rings (SSSR count). The normalized spacial score (nSPS) is 15.6. The molecule has 2 aromatic rings. The van der Waals surface area contributed by atoms with Crippen molar-refractivity contribution in [1.82, 2.24) is 9.38 Å². The van der Waals surface area contributed by atoms with Crippen molar-refractivity contribution in [2.24, 2.45) is 0 Å². The molecule has 0 bridgehead atoms. The average molecular weight is 216 g/mol. The molecular weight excluding hydrogens is 204 g/mol. The molecule has 0 unspecified atom stereocenters. The molecule has 4 nitrogen and oxygen atoms in total. The number of carbonyl (C=O) groups is 1. The molecule has 1 N–H and O–H groups in total. The molecule has 1 fully saturated rings. The van der Waals surface area contributed by atoms with Crippen LogP contribution >= 0.6 is 0 Å². The van der Waals surface area contributed by atoms with Crippen LogP contribution in [0.5, 0.6) is 0 Å². The van der Waals surface area contributed by atoms with E-state index in [0.29, 0.717) is 11.6 Å². The molecule has 0 aliphatic heterocycles. The number of imidazole rings is 1. The van der Waals surface area contributed by atoms with Gasteiger partial charge in [0.05, 0.1) is 5.69 Å². The van der Waals surface area contributed by atoms with E-state index in [1.807, 2.05) is 17.5 Å². The predicted molar refractivity (Wildman–Crippen MR) is 58.9 cm³/mol. The molecule has 82 valence electrons. The maximum atomic E-state index is 11.1. The van der Waals surface area contributed by atoms with E-state index in [9.17, 15) is 4.79 Å². The molecule has 1 saturated carbocycles. The summed E-state index contributed by atoms with van der Waals surface area (Å²) < 4.78 is 1.87. The molecule has 2 heterocycles. The van der Waals surface area contributed by atoms with Crippen LogP contribution < -0.4 is 0 Å². The van der Waals surface area contributed by atoms with Crippen molar-refractivity contribution in [3.63, 3.8) is 0 Å². The number of pyridine rings is 1. The van der Waals surface area contributed by atoms with Crippen LogP contribution in [-0.4, -0.2) is 20.5 Å². The fourth-order valence-electron chi connectivity index (χ4n) is 2.11. The maximum absolute atomic E-state index is 11.1. The zero-order chi connectivity index (χ0) is 11.3. The van der Waals surface area contributed by atoms with Gasteiger partial charge in [-0.25, -0.2) is 9.78 Å². The Balaban J connectivity index is 2.31. The highest BCUT2D eigenvalue weighted by atomic mass is 16.4. The number of hydrogen-bond donors (Lipinski definition) is 1. The predicted octanol–water partition coefficient (Wildman–Crippen LogP) is 2.22. The van der Waals surface area contributed by atoms with Crippen molar-refractivity contribution in [3.8, 4) is 0 Å². The first-order valence-electron chi connectivity index (χ1n) is 5.39. The van der Waals surface area contributed by atoms with Gasteiger partial charge in [-0.1, -0.05) is 0 Å². The molecular formula is C12H12N2O2. The highest BCUT2D eigenvalue weighted by molar-refractivity contribution is 5.94. The molecule has 1 aliphatic rings. The molecule has 1 aliphatic carbocycles. The van der Waals surface area contributed by atoms with Crippen LogP contribution in [0.15, 0.2) is 18.3 Å². The number of fused-ring (bicyclic) bond motifs is 1. The second-order valence-corrected chi connectivity index (χ2v) is 4.28. The molecule has 16 heavy (non-hydrogen) atoms. The lowest BCUT2D eigenvalue weighted by Crippen LogP contribution is -2.00. The Morgan fingerprint density at radius 2 is 2.31 bits per heavy atom. The molecule has 0 amide bonds. The van der Waals surface area contributed by atoms with E-state index in [0.717, 1.165) is 11.4 Å². The van der Waals surface area contributed by atoms with E-state index in [1.165, 1.54) is 12.8 Å². The molecule has 0 aromatic carbocycles. The minimum atomic E-state index is -0.919. The highest BCUT2D eigenvalue weighted by Gasteiger charge is 2.29. The van der Waals surface area contributed by atoms with Gasteiger partial charge >= 0.3 is 5.97 Å². The summed E-state index contributed by atoms with van der Waals surface area (Å²) in [5.74, 6) is -0.375. The molecule has 4 heteroatoms. The van der Waals surface area contributed by atoms with Crippen molar-refractivity contribution in [2.45, 2.75) is 25.7 Å². The van der Waals surface area contributed by atoms with Gasteiger partial charge in [-0.2, -0.15) is 0 Å². The minimum absolute atomic E-state index is 0.275. The van der Waals surface area contributed by atoms with Gasteiger partial charge in [0, 0.05) is 17.8 Å². The lowest BCUT2D eigenvalue weighted by atomic mass is 10.2. The van der Waals surface area contributed by atoms with E-state index < -0.39 is 5.97 Å². The van der Waals surface area contributed by atoms with Gasteiger partial charge in [0.15, 0.2) is 5.65 Å². The highest BCUT2D eigenvalue weighted by Crippen LogP contribution is 2.41. The van der Waals surface area contributed by atoms with Crippen molar-refractivity contribution >= 4 is 11.6 Å². The Morgan fingerprint density at radius 3 is 2.94 bits per heavy atom. The first-order valence-corrected chi connectivity index (χ1v) is 5.39. The summed E-state index contributed by atoms with van der Waals surface area (Å²) in [6.45, 7) is 2.00. The smallest absolute Gasteiger partial charge is 0.339 e. The van der Waals surface area contributed by atoms with Crippen LogP contribution in [0.4, 0.5) is 0 Å². The van der Waals surface area contributed by atoms with Crippen molar-refractivity contribution in [2.75, 3.05) is 0 Å². The zero-order valence-corrected chi connectivity index (χ0v) is 8.97. The number of nitrogens with zero attached hydrogens (tertiary/aromatic N) is 2. The monoisotopic (exact) mass is 216 g/mol. The Morgan fingerprint density at radius 1 is 1.56 bits per heavy atom. The van der Waals surface area contributed by atoms with Crippen LogP contribution in [0.1, 0.15) is 40.5 Å². The Hall–Kier alpha value is -1.84. The van der Waals surface area contributed by atoms with Gasteiger partial charge in [0.2, 0.25) is 0 Å². The van der Waals surface area contributed by atoms with E-state index in [-0.39, 0.29) is 5.56 Å². The number of rotatable bonds is 2. The van der Waals surface area contributed by atoms with E-state index >= 15 is 0 Å². The third-order valence-corrected chi connectivity index (χ3v) is 3.12. The van der Waals surface area contributed by atoms with Gasteiger partial charge in [-0.3, -0.25) is 0 Å². The van der Waals surface area contributed by atoms with E-state index in [4.69, 9.17) is 5.11 Å². The third kappa shape index (κ3) is 1.23. The third-order valence-electron chi connectivity index (χ3n) is 3.12. The average Bonchev–Trinajstić information content (AvgIpc) is 3.04. The lowest BCUT2D eigenvalue weighted by molar-refractivity contribution is 0.0698. The van der Waals surface area contributed by atoms with Gasteiger partial charge < -0.3 is 9.51 Å². The topological polar surface area (TPSA) is 54.6 Å². The summed E-state index contributed by atoms with van der Waals surface area (Å²) in [7, 11) is 0. The first-order chi connectivity index (χ1) is 7.68. The van der Waals surface area contributed by atoms with Crippen molar-refractivity contribution in [3.05, 3.63) is 35.3 Å². The zero-order valence-electron chi connectivity index (χ0n) is 8.97. The number of carboxylic acid groups (broad SMARTS) is 1. The Kier molecular flexibility index (Phi) is 1.80. The van der Waals surface area contributed by atoms with Crippen LogP contribution in [0.25, 0.3) is 5.65 Å². The Bertz CT molecular complexity index is 582. The van der Waals surface area contributed by atoms with Gasteiger partial charge in [0.25, 0.3) is 0 Å². The quantitative estimate of drug-likeness (QED) is 0.837. The Labute approximate surface area is 92.5 Å². The van der Waals surface area contributed by atoms with Crippen LogP contribution in [0.3, 0.4) is 0 Å². The van der Waals surface area contributed by atoms with Crippen molar-refractivity contribution < 1.29 is 9.90 Å². The van der Waals surface area contributed by atoms with Crippen LogP contribution in [0.2, 0.25) is 0 Å². The van der Waals surface area contributed by atoms with E-state index in [2.05, 4.69) is 4.98 Å². The summed E-state index contributed by atoms with van der Waals surface area (Å²) in [5, 5.41) is 9.08. The minimum Gasteiger partial charge on any atom is -0.478 e. The molecule has 0 saturated heterocycles. The van der Waals surface area contributed by atoms with Gasteiger partial charge in [-0.15, -0.1) is 0 Å². The van der Waals surface area contributed by atoms with E-state index in [1.54, 1.807) is 12.1 Å². The summed E-state index contributed by atoms with van der Waals surface area (Å²) in [6, 6.07) is 3.35. The summed E-state index contributed by atoms with van der Waals surface area (Å²) in [6.07, 6.45) is 4.22. The lowest BCUT2D eigenvalue weighted by Gasteiger charge is -1.98. The van der Waals surface area contributed by atoms with Gasteiger partial charge in [-0.05, 0) is 31.9 Å². The van der Waals surface area contributed by atoms with Crippen molar-refractivity contribution in [1.29, 1.82) is 0 Å². The molecule has 0 atom stereocenters. The second-order valence-electron chi connectivity index (χ2n) is 4.28. The molecule has 2 aromatic heterocycles. The first kappa shape index (κ1) is 9.39. The van der Waals surface area contributed by atoms with Crippen LogP contribution in [-0.2, 0) is 0 Å². The number of aromatic nitrogens is 2. The number of carboxylic acids is 1. The molecule has 0 spiro atoms. The SMILES string of the molecule is Cc1c(C2CC2)nc2c(C(=O)O)cccn12. The second kappa shape index (κ2) is 3.07. The largest absolute Gasteiger partial charge is 0.478 e. The standard InChI is InChI=1S/C12H12N2O2/c1-7-10(8-4-5-8)13-11-9(12(15)16)3-2-6-14(7)11/h2-3,6,8H,4-5H2,1H3,(H,15,16).